The summed E-state index contributed by atoms with van der Waals surface area (Å²) in [6, 6.07) is 0.306. The number of nitrogens with zero attached hydrogens (tertiary/aromatic N) is 4. The quantitative estimate of drug-likeness (QED) is 0.311. The van der Waals surface area contributed by atoms with E-state index in [1.807, 2.05) is 11.7 Å². The van der Waals surface area contributed by atoms with E-state index in [4.69, 9.17) is 4.99 Å². The van der Waals surface area contributed by atoms with Crippen LogP contribution in [0.3, 0.4) is 0 Å². The lowest BCUT2D eigenvalue weighted by atomic mass is 9.95. The lowest BCUT2D eigenvalue weighted by molar-refractivity contribution is 0.112. The van der Waals surface area contributed by atoms with Gasteiger partial charge in [0.25, 0.3) is 0 Å². The summed E-state index contributed by atoms with van der Waals surface area (Å²) < 4.78 is 1.98. The van der Waals surface area contributed by atoms with Crippen molar-refractivity contribution in [3.8, 4) is 0 Å². The van der Waals surface area contributed by atoms with Crippen molar-refractivity contribution in [2.75, 3.05) is 37.7 Å². The Hall–Kier alpha value is -0.480. The molecule has 2 N–H and O–H groups in total. The predicted octanol–water partition coefficient (Wildman–Crippen LogP) is 3.50. The molecule has 2 heterocycles. The molecule has 2 fully saturated rings. The van der Waals surface area contributed by atoms with E-state index < -0.39 is 0 Å². The van der Waals surface area contributed by atoms with E-state index in [-0.39, 0.29) is 29.5 Å². The predicted molar refractivity (Wildman–Crippen MR) is 140 cm³/mol. The first-order chi connectivity index (χ1) is 13.9. The van der Waals surface area contributed by atoms with Gasteiger partial charge in [-0.2, -0.15) is 16.9 Å². The van der Waals surface area contributed by atoms with Crippen LogP contribution in [0.25, 0.3) is 0 Å². The molecular weight excluding hydrogens is 507 g/mol. The van der Waals surface area contributed by atoms with Gasteiger partial charge in [-0.3, -0.25) is 14.6 Å². The van der Waals surface area contributed by atoms with Gasteiger partial charge >= 0.3 is 0 Å². The van der Waals surface area contributed by atoms with Crippen LogP contribution in [0.2, 0.25) is 0 Å². The number of nitrogens with one attached hydrogen (secondary N) is 2. The number of thioether (sulfide) groups is 1. The minimum Gasteiger partial charge on any atom is -0.357 e. The molecule has 30 heavy (non-hydrogen) atoms. The normalized spacial score (nSPS) is 20.6. The van der Waals surface area contributed by atoms with E-state index in [1.54, 1.807) is 0 Å². The van der Waals surface area contributed by atoms with E-state index >= 15 is 0 Å². The van der Waals surface area contributed by atoms with Crippen molar-refractivity contribution in [3.05, 3.63) is 17.0 Å². The third-order valence-corrected chi connectivity index (χ3v) is 7.59. The summed E-state index contributed by atoms with van der Waals surface area (Å²) in [5, 5.41) is 11.7. The minimum atomic E-state index is 0. The Morgan fingerprint density at radius 1 is 1.23 bits per heavy atom. The van der Waals surface area contributed by atoms with Crippen molar-refractivity contribution < 1.29 is 0 Å². The fourth-order valence-corrected chi connectivity index (χ4v) is 5.80. The zero-order chi connectivity index (χ0) is 20.9. The maximum Gasteiger partial charge on any atom is 0.191 e. The summed E-state index contributed by atoms with van der Waals surface area (Å²) in [7, 11) is 2.02. The lowest BCUT2D eigenvalue weighted by Gasteiger charge is -2.42. The molecule has 1 atom stereocenters. The summed E-state index contributed by atoms with van der Waals surface area (Å²) in [5.41, 5.74) is 4.02. The Bertz CT molecular complexity index is 692. The van der Waals surface area contributed by atoms with Crippen molar-refractivity contribution in [1.82, 2.24) is 25.3 Å². The van der Waals surface area contributed by atoms with Crippen LogP contribution in [0, 0.1) is 13.8 Å². The van der Waals surface area contributed by atoms with Gasteiger partial charge in [0.1, 0.15) is 0 Å². The van der Waals surface area contributed by atoms with Crippen LogP contribution < -0.4 is 10.6 Å². The van der Waals surface area contributed by atoms with E-state index in [2.05, 4.69) is 60.1 Å². The van der Waals surface area contributed by atoms with E-state index in [1.165, 1.54) is 61.5 Å². The van der Waals surface area contributed by atoms with E-state index in [0.717, 1.165) is 31.2 Å². The molecule has 1 saturated heterocycles. The molecule has 1 saturated carbocycles. The van der Waals surface area contributed by atoms with Crippen molar-refractivity contribution in [2.45, 2.75) is 71.4 Å². The summed E-state index contributed by atoms with van der Waals surface area (Å²) in [6.07, 6.45) is 6.25. The topological polar surface area (TPSA) is 57.5 Å². The second kappa shape index (κ2) is 11.9. The molecule has 8 heteroatoms. The number of aliphatic imine (C=N–C) groups is 1. The van der Waals surface area contributed by atoms with Crippen LogP contribution in [0.5, 0.6) is 0 Å². The zero-order valence-corrected chi connectivity index (χ0v) is 22.6. The Morgan fingerprint density at radius 2 is 1.90 bits per heavy atom. The molecule has 1 aromatic rings. The minimum absolute atomic E-state index is 0. The van der Waals surface area contributed by atoms with Crippen molar-refractivity contribution in [3.63, 3.8) is 0 Å². The average Bonchev–Trinajstić information content (AvgIpc) is 3.28. The summed E-state index contributed by atoms with van der Waals surface area (Å²) in [4.78, 5) is 7.85. The first-order valence-corrected chi connectivity index (χ1v) is 12.5. The number of guanidine groups is 1. The van der Waals surface area contributed by atoms with E-state index in [0.29, 0.717) is 6.04 Å². The van der Waals surface area contributed by atoms with Gasteiger partial charge in [0, 0.05) is 55.5 Å². The molecule has 1 aromatic heterocycles. The summed E-state index contributed by atoms with van der Waals surface area (Å²) >= 11 is 2.09. The van der Waals surface area contributed by atoms with Gasteiger partial charge in [-0.25, -0.2) is 0 Å². The second-order valence-electron chi connectivity index (χ2n) is 8.75. The molecular formula is C22H41IN6S. The fraction of sp³-hybridized carbons (Fsp3) is 0.818. The zero-order valence-electron chi connectivity index (χ0n) is 19.5. The van der Waals surface area contributed by atoms with Crippen LogP contribution >= 0.6 is 35.7 Å². The van der Waals surface area contributed by atoms with Crippen molar-refractivity contribution in [1.29, 1.82) is 0 Å². The maximum absolute atomic E-state index is 5.10. The van der Waals surface area contributed by atoms with Crippen LogP contribution in [-0.2, 0) is 13.5 Å². The SMILES string of the molecule is CCNC(=NCC1(N2CCSCC2)CCCC1)NC(C)Cc1c(C)nn(C)c1C.I. The van der Waals surface area contributed by atoms with Gasteiger partial charge in [-0.15, -0.1) is 24.0 Å². The number of aryl methyl sites for hydroxylation is 2. The van der Waals surface area contributed by atoms with Crippen LogP contribution in [0.15, 0.2) is 4.99 Å². The van der Waals surface area contributed by atoms with Gasteiger partial charge in [-0.1, -0.05) is 12.8 Å². The molecule has 0 bridgehead atoms. The van der Waals surface area contributed by atoms with Crippen LogP contribution in [0.1, 0.15) is 56.5 Å². The Morgan fingerprint density at radius 3 is 2.47 bits per heavy atom. The van der Waals surface area contributed by atoms with Gasteiger partial charge in [0.05, 0.1) is 12.2 Å². The molecule has 0 radical (unpaired) electrons. The highest BCUT2D eigenvalue weighted by Gasteiger charge is 2.39. The van der Waals surface area contributed by atoms with Gasteiger partial charge in [0.2, 0.25) is 0 Å². The highest BCUT2D eigenvalue weighted by Crippen LogP contribution is 2.37. The third-order valence-electron chi connectivity index (χ3n) is 6.64. The number of rotatable bonds is 7. The highest BCUT2D eigenvalue weighted by atomic mass is 127. The van der Waals surface area contributed by atoms with Gasteiger partial charge in [0.15, 0.2) is 5.96 Å². The molecule has 0 spiro atoms. The molecule has 0 aromatic carbocycles. The van der Waals surface area contributed by atoms with Gasteiger partial charge in [-0.05, 0) is 52.5 Å². The maximum atomic E-state index is 5.10. The first kappa shape index (κ1) is 25.8. The molecule has 1 unspecified atom stereocenters. The molecule has 172 valence electrons. The van der Waals surface area contributed by atoms with Crippen molar-refractivity contribution >= 4 is 41.7 Å². The van der Waals surface area contributed by atoms with Crippen LogP contribution in [-0.4, -0.2) is 69.9 Å². The number of hydrogen-bond donors (Lipinski definition) is 2. The van der Waals surface area contributed by atoms with Crippen LogP contribution in [0.4, 0.5) is 0 Å². The second-order valence-corrected chi connectivity index (χ2v) is 9.97. The largest absolute Gasteiger partial charge is 0.357 e. The standard InChI is InChI=1S/C22H40N6S.HI/c1-6-23-21(25-17(2)15-20-18(3)26-27(5)19(20)4)24-16-22(9-7-8-10-22)28-11-13-29-14-12-28;/h17H,6-16H2,1-5H3,(H2,23,24,25);1H. The smallest absolute Gasteiger partial charge is 0.191 e. The Labute approximate surface area is 204 Å². The van der Waals surface area contributed by atoms with Crippen molar-refractivity contribution in [2.24, 2.45) is 12.0 Å². The third kappa shape index (κ3) is 6.28. The monoisotopic (exact) mass is 548 g/mol. The van der Waals surface area contributed by atoms with Gasteiger partial charge < -0.3 is 10.6 Å². The Balaban J connectivity index is 0.00000320. The molecule has 1 aliphatic carbocycles. The van der Waals surface area contributed by atoms with E-state index in [9.17, 15) is 0 Å². The summed E-state index contributed by atoms with van der Waals surface area (Å²) in [6.45, 7) is 12.9. The highest BCUT2D eigenvalue weighted by molar-refractivity contribution is 14.0. The molecule has 3 rings (SSSR count). The number of hydrogen-bond acceptors (Lipinski definition) is 4. The first-order valence-electron chi connectivity index (χ1n) is 11.3. The molecule has 0 amide bonds. The molecule has 1 aliphatic heterocycles. The Kier molecular flexibility index (Phi) is 10.3. The lowest BCUT2D eigenvalue weighted by Crippen LogP contribution is -2.53. The number of halogens is 1. The molecule has 2 aliphatic rings. The average molecular weight is 549 g/mol. The summed E-state index contributed by atoms with van der Waals surface area (Å²) in [5.74, 6) is 3.49. The number of aromatic nitrogens is 2. The fourth-order valence-electron chi connectivity index (χ4n) is 4.89. The molecule has 6 nitrogen and oxygen atoms in total.